The van der Waals surface area contributed by atoms with Gasteiger partial charge in [0.05, 0.1) is 11.3 Å². The molecule has 2 aromatic rings. The fourth-order valence-electron chi connectivity index (χ4n) is 3.23. The molecule has 1 amide bonds. The summed E-state index contributed by atoms with van der Waals surface area (Å²) < 4.78 is 54.6. The SMILES string of the molecule is CN(C)CCCNc1ccc(N=CC2C(=O)Nc3cccc(F)c32)cc1C(F)(F)F. The number of hydrogen-bond acceptors (Lipinski definition) is 4. The number of amides is 1. The topological polar surface area (TPSA) is 56.7 Å². The molecule has 9 heteroatoms. The quantitative estimate of drug-likeness (QED) is 0.388. The van der Waals surface area contributed by atoms with Gasteiger partial charge in [0.2, 0.25) is 5.91 Å². The van der Waals surface area contributed by atoms with Gasteiger partial charge >= 0.3 is 6.18 Å². The molecule has 160 valence electrons. The van der Waals surface area contributed by atoms with E-state index in [1.54, 1.807) is 6.07 Å². The Bertz CT molecular complexity index is 957. The lowest BCUT2D eigenvalue weighted by Crippen LogP contribution is -2.17. The van der Waals surface area contributed by atoms with Crippen molar-refractivity contribution in [1.29, 1.82) is 0 Å². The fraction of sp³-hybridized carbons (Fsp3) is 0.333. The molecule has 1 atom stereocenters. The summed E-state index contributed by atoms with van der Waals surface area (Å²) in [6.07, 6.45) is -2.71. The number of hydrogen-bond donors (Lipinski definition) is 2. The van der Waals surface area contributed by atoms with Crippen LogP contribution < -0.4 is 10.6 Å². The van der Waals surface area contributed by atoms with Gasteiger partial charge in [-0.1, -0.05) is 6.07 Å². The number of benzene rings is 2. The average Bonchev–Trinajstić information content (AvgIpc) is 2.99. The lowest BCUT2D eigenvalue weighted by atomic mass is 10.0. The molecular weight excluding hydrogens is 400 g/mol. The molecule has 0 radical (unpaired) electrons. The first-order chi connectivity index (χ1) is 14.2. The van der Waals surface area contributed by atoms with Gasteiger partial charge in [0.15, 0.2) is 0 Å². The highest BCUT2D eigenvalue weighted by molar-refractivity contribution is 6.12. The van der Waals surface area contributed by atoms with Gasteiger partial charge < -0.3 is 15.5 Å². The maximum Gasteiger partial charge on any atom is 0.418 e. The molecule has 0 aliphatic carbocycles. The zero-order valence-electron chi connectivity index (χ0n) is 16.6. The molecule has 1 aliphatic rings. The van der Waals surface area contributed by atoms with Gasteiger partial charge in [0.25, 0.3) is 0 Å². The summed E-state index contributed by atoms with van der Waals surface area (Å²) in [6, 6.07) is 7.90. The van der Waals surface area contributed by atoms with E-state index in [0.29, 0.717) is 18.7 Å². The van der Waals surface area contributed by atoms with Crippen LogP contribution in [0.1, 0.15) is 23.5 Å². The minimum atomic E-state index is -4.57. The van der Waals surface area contributed by atoms with Gasteiger partial charge in [0.1, 0.15) is 11.7 Å². The second-order valence-corrected chi connectivity index (χ2v) is 7.26. The van der Waals surface area contributed by atoms with Gasteiger partial charge in [-0.3, -0.25) is 9.79 Å². The summed E-state index contributed by atoms with van der Waals surface area (Å²) >= 11 is 0. The fourth-order valence-corrected chi connectivity index (χ4v) is 3.23. The molecule has 2 aromatic carbocycles. The Hall–Kier alpha value is -2.94. The highest BCUT2D eigenvalue weighted by atomic mass is 19.4. The molecule has 0 fully saturated rings. The molecule has 30 heavy (non-hydrogen) atoms. The maximum absolute atomic E-state index is 14.1. The van der Waals surface area contributed by atoms with Crippen molar-refractivity contribution in [3.63, 3.8) is 0 Å². The first-order valence-electron chi connectivity index (χ1n) is 9.40. The lowest BCUT2D eigenvalue weighted by Gasteiger charge is -2.16. The van der Waals surface area contributed by atoms with Gasteiger partial charge in [-0.25, -0.2) is 4.39 Å². The summed E-state index contributed by atoms with van der Waals surface area (Å²) in [6.45, 7) is 1.14. The van der Waals surface area contributed by atoms with Crippen molar-refractivity contribution < 1.29 is 22.4 Å². The van der Waals surface area contributed by atoms with Crippen LogP contribution in [0.5, 0.6) is 0 Å². The van der Waals surface area contributed by atoms with Gasteiger partial charge in [-0.15, -0.1) is 0 Å². The molecule has 0 bridgehead atoms. The van der Waals surface area contributed by atoms with E-state index >= 15 is 0 Å². The van der Waals surface area contributed by atoms with Crippen molar-refractivity contribution in [1.82, 2.24) is 4.90 Å². The van der Waals surface area contributed by atoms with E-state index in [4.69, 9.17) is 0 Å². The number of rotatable bonds is 7. The normalized spacial score (nSPS) is 16.2. The standard InChI is InChI=1S/C21H22F4N4O/c1-29(2)10-4-9-26-17-8-7-13(11-15(17)21(23,24)25)27-12-14-19-16(22)5-3-6-18(19)28-20(14)30/h3,5-8,11-12,14,26H,4,9-10H2,1-2H3,(H,28,30). The van der Waals surface area contributed by atoms with E-state index in [1.807, 2.05) is 19.0 Å². The number of carbonyl (C=O) groups is 1. The van der Waals surface area contributed by atoms with Crippen LogP contribution in [-0.2, 0) is 11.0 Å². The summed E-state index contributed by atoms with van der Waals surface area (Å²) in [7, 11) is 3.78. The highest BCUT2D eigenvalue weighted by Gasteiger charge is 2.34. The molecule has 2 N–H and O–H groups in total. The maximum atomic E-state index is 14.1. The second kappa shape index (κ2) is 8.83. The van der Waals surface area contributed by atoms with Crippen LogP contribution in [0.3, 0.4) is 0 Å². The first-order valence-corrected chi connectivity index (χ1v) is 9.40. The van der Waals surface area contributed by atoms with Crippen molar-refractivity contribution in [3.8, 4) is 0 Å². The number of fused-ring (bicyclic) bond motifs is 1. The molecular formula is C21H22F4N4O. The van der Waals surface area contributed by atoms with Crippen LogP contribution in [0.2, 0.25) is 0 Å². The Balaban J connectivity index is 1.81. The number of nitrogens with zero attached hydrogens (tertiary/aromatic N) is 2. The largest absolute Gasteiger partial charge is 0.418 e. The van der Waals surface area contributed by atoms with Crippen LogP contribution in [0, 0.1) is 5.82 Å². The Kier molecular flexibility index (Phi) is 6.40. The Labute approximate surface area is 171 Å². The second-order valence-electron chi connectivity index (χ2n) is 7.26. The van der Waals surface area contributed by atoms with Crippen LogP contribution in [0.25, 0.3) is 0 Å². The molecule has 3 rings (SSSR count). The Morgan fingerprint density at radius 2 is 2.00 bits per heavy atom. The predicted molar refractivity (Wildman–Crippen MR) is 109 cm³/mol. The van der Waals surface area contributed by atoms with Crippen molar-refractivity contribution in [2.75, 3.05) is 37.8 Å². The summed E-state index contributed by atoms with van der Waals surface area (Å²) in [5.74, 6) is -2.05. The minimum Gasteiger partial charge on any atom is -0.385 e. The van der Waals surface area contributed by atoms with E-state index in [-0.39, 0.29) is 16.9 Å². The van der Waals surface area contributed by atoms with E-state index in [9.17, 15) is 22.4 Å². The number of aliphatic imine (C=N–C) groups is 1. The number of nitrogens with one attached hydrogen (secondary N) is 2. The molecule has 1 heterocycles. The van der Waals surface area contributed by atoms with Crippen LogP contribution in [0.15, 0.2) is 41.4 Å². The van der Waals surface area contributed by atoms with E-state index in [0.717, 1.165) is 12.6 Å². The van der Waals surface area contributed by atoms with Crippen LogP contribution in [-0.4, -0.2) is 44.2 Å². The summed E-state index contributed by atoms with van der Waals surface area (Å²) in [5, 5.41) is 5.36. The highest BCUT2D eigenvalue weighted by Crippen LogP contribution is 2.38. The summed E-state index contributed by atoms with van der Waals surface area (Å²) in [5.41, 5.74) is -0.371. The average molecular weight is 422 g/mol. The van der Waals surface area contributed by atoms with Crippen molar-refractivity contribution in [2.45, 2.75) is 18.5 Å². The molecule has 1 unspecified atom stereocenters. The minimum absolute atomic E-state index is 0.0266. The number of carbonyl (C=O) groups excluding carboxylic acids is 1. The van der Waals surface area contributed by atoms with E-state index < -0.39 is 29.4 Å². The molecule has 5 nitrogen and oxygen atoms in total. The van der Waals surface area contributed by atoms with Gasteiger partial charge in [-0.2, -0.15) is 13.2 Å². The van der Waals surface area contributed by atoms with Crippen molar-refractivity contribution >= 4 is 29.2 Å². The van der Waals surface area contributed by atoms with E-state index in [2.05, 4.69) is 15.6 Å². The van der Waals surface area contributed by atoms with Gasteiger partial charge in [0, 0.05) is 29.7 Å². The van der Waals surface area contributed by atoms with E-state index in [1.165, 1.54) is 30.5 Å². The van der Waals surface area contributed by atoms with Gasteiger partial charge in [-0.05, 0) is 57.4 Å². The van der Waals surface area contributed by atoms with Crippen molar-refractivity contribution in [3.05, 3.63) is 53.3 Å². The third-order valence-electron chi connectivity index (χ3n) is 4.68. The number of anilines is 2. The third kappa shape index (κ3) is 4.96. The smallest absolute Gasteiger partial charge is 0.385 e. The first kappa shape index (κ1) is 21.8. The Morgan fingerprint density at radius 3 is 2.70 bits per heavy atom. The van der Waals surface area contributed by atoms with Crippen molar-refractivity contribution in [2.24, 2.45) is 4.99 Å². The molecule has 0 spiro atoms. The monoisotopic (exact) mass is 422 g/mol. The number of alkyl halides is 3. The molecule has 0 saturated carbocycles. The lowest BCUT2D eigenvalue weighted by molar-refractivity contribution is -0.137. The predicted octanol–water partition coefficient (Wildman–Crippen LogP) is 4.65. The zero-order valence-corrected chi connectivity index (χ0v) is 16.6. The summed E-state index contributed by atoms with van der Waals surface area (Å²) in [4.78, 5) is 18.1. The Morgan fingerprint density at radius 1 is 1.23 bits per heavy atom. The molecule has 0 saturated heterocycles. The zero-order chi connectivity index (χ0) is 21.9. The van der Waals surface area contributed by atoms with Crippen LogP contribution >= 0.6 is 0 Å². The third-order valence-corrected chi connectivity index (χ3v) is 4.68. The molecule has 0 aromatic heterocycles. The van der Waals surface area contributed by atoms with Crippen LogP contribution in [0.4, 0.5) is 34.6 Å². The number of halogens is 4. The molecule has 1 aliphatic heterocycles.